The van der Waals surface area contributed by atoms with Crippen LogP contribution in [0.2, 0.25) is 0 Å². The minimum absolute atomic E-state index is 0.0144. The molecule has 19 heavy (non-hydrogen) atoms. The lowest BCUT2D eigenvalue weighted by molar-refractivity contribution is -0.213. The third-order valence-corrected chi connectivity index (χ3v) is 3.17. The van der Waals surface area contributed by atoms with Crippen molar-refractivity contribution in [3.8, 4) is 0 Å². The van der Waals surface area contributed by atoms with Crippen molar-refractivity contribution in [3.05, 3.63) is 35.9 Å². The van der Waals surface area contributed by atoms with E-state index in [0.29, 0.717) is 0 Å². The van der Waals surface area contributed by atoms with E-state index in [2.05, 4.69) is 6.92 Å². The molecule has 1 atom stereocenters. The molecule has 1 unspecified atom stereocenters. The van der Waals surface area contributed by atoms with Gasteiger partial charge in [0.2, 0.25) is 0 Å². The summed E-state index contributed by atoms with van der Waals surface area (Å²) in [6, 6.07) is 9.94. The van der Waals surface area contributed by atoms with Gasteiger partial charge in [0.1, 0.15) is 6.42 Å². The van der Waals surface area contributed by atoms with E-state index in [0.717, 1.165) is 24.8 Å². The Bertz CT molecular complexity index is 425. The van der Waals surface area contributed by atoms with Gasteiger partial charge in [0.15, 0.2) is 0 Å². The highest BCUT2D eigenvalue weighted by Crippen LogP contribution is 2.24. The molecule has 4 nitrogen and oxygen atoms in total. The first-order valence-electron chi connectivity index (χ1n) is 6.62. The van der Waals surface area contributed by atoms with E-state index < -0.39 is 18.2 Å². The van der Waals surface area contributed by atoms with Crippen molar-refractivity contribution in [2.24, 2.45) is 5.92 Å². The normalized spacial score (nSPS) is 17.7. The zero-order chi connectivity index (χ0) is 13.7. The molecule has 1 fully saturated rings. The zero-order valence-corrected chi connectivity index (χ0v) is 11.0. The summed E-state index contributed by atoms with van der Waals surface area (Å²) in [5, 5.41) is 0. The Morgan fingerprint density at radius 1 is 1.16 bits per heavy atom. The van der Waals surface area contributed by atoms with Crippen LogP contribution >= 0.6 is 0 Å². The number of ether oxygens (including phenoxy) is 2. The Kier molecular flexibility index (Phi) is 4.55. The standard InChI is InChI=1S/C15H18O4/c1-2-6-12(9-11-7-4-3-5-8-11)15-18-13(16)10-14(17)19-15/h3-5,7-8,12,15H,2,6,9-10H2,1H3. The minimum atomic E-state index is -0.742. The smallest absolute Gasteiger partial charge is 0.320 e. The molecule has 4 heteroatoms. The van der Waals surface area contributed by atoms with Crippen LogP contribution in [0, 0.1) is 5.92 Å². The number of esters is 2. The fourth-order valence-electron chi connectivity index (χ4n) is 2.30. The first-order valence-corrected chi connectivity index (χ1v) is 6.62. The van der Waals surface area contributed by atoms with Gasteiger partial charge in [0.25, 0.3) is 6.29 Å². The van der Waals surface area contributed by atoms with Crippen molar-refractivity contribution in [1.82, 2.24) is 0 Å². The molecule has 2 rings (SSSR count). The van der Waals surface area contributed by atoms with Gasteiger partial charge in [-0.15, -0.1) is 0 Å². The van der Waals surface area contributed by atoms with Gasteiger partial charge in [0, 0.05) is 5.92 Å². The minimum Gasteiger partial charge on any atom is -0.424 e. The molecule has 0 N–H and O–H groups in total. The van der Waals surface area contributed by atoms with Crippen LogP contribution in [0.1, 0.15) is 31.7 Å². The van der Waals surface area contributed by atoms with Gasteiger partial charge in [-0.05, 0) is 18.4 Å². The Morgan fingerprint density at radius 3 is 2.37 bits per heavy atom. The first-order chi connectivity index (χ1) is 9.19. The summed E-state index contributed by atoms with van der Waals surface area (Å²) in [6.45, 7) is 2.06. The molecule has 0 bridgehead atoms. The summed E-state index contributed by atoms with van der Waals surface area (Å²) in [6.07, 6.45) is 1.51. The quantitative estimate of drug-likeness (QED) is 0.604. The van der Waals surface area contributed by atoms with Crippen molar-refractivity contribution >= 4 is 11.9 Å². The van der Waals surface area contributed by atoms with Crippen LogP contribution in [-0.2, 0) is 25.5 Å². The highest BCUT2D eigenvalue weighted by atomic mass is 16.7. The van der Waals surface area contributed by atoms with Crippen molar-refractivity contribution in [2.45, 2.75) is 38.9 Å². The van der Waals surface area contributed by atoms with Crippen LogP contribution in [0.5, 0.6) is 0 Å². The van der Waals surface area contributed by atoms with Gasteiger partial charge in [0.05, 0.1) is 0 Å². The largest absolute Gasteiger partial charge is 0.424 e. The van der Waals surface area contributed by atoms with Gasteiger partial charge < -0.3 is 9.47 Å². The molecule has 1 aromatic carbocycles. The number of carbonyl (C=O) groups excluding carboxylic acids is 2. The van der Waals surface area contributed by atoms with Gasteiger partial charge in [-0.2, -0.15) is 0 Å². The molecule has 1 aromatic rings. The molecule has 0 aliphatic carbocycles. The van der Waals surface area contributed by atoms with Crippen molar-refractivity contribution < 1.29 is 19.1 Å². The van der Waals surface area contributed by atoms with Crippen LogP contribution in [0.15, 0.2) is 30.3 Å². The van der Waals surface area contributed by atoms with Crippen LogP contribution < -0.4 is 0 Å². The lowest BCUT2D eigenvalue weighted by Crippen LogP contribution is -2.38. The average molecular weight is 262 g/mol. The van der Waals surface area contributed by atoms with Crippen LogP contribution in [-0.4, -0.2) is 18.2 Å². The SMILES string of the molecule is CCCC(Cc1ccccc1)C1OC(=O)CC(=O)O1. The van der Waals surface area contributed by atoms with E-state index >= 15 is 0 Å². The predicted molar refractivity (Wildman–Crippen MR) is 69.1 cm³/mol. The zero-order valence-electron chi connectivity index (χ0n) is 11.0. The lowest BCUT2D eigenvalue weighted by atomic mass is 9.94. The number of hydrogen-bond donors (Lipinski definition) is 0. The summed E-state index contributed by atoms with van der Waals surface area (Å²) in [4.78, 5) is 22.6. The maximum Gasteiger partial charge on any atom is 0.320 e. The van der Waals surface area contributed by atoms with Gasteiger partial charge in [-0.1, -0.05) is 43.7 Å². The van der Waals surface area contributed by atoms with E-state index in [1.54, 1.807) is 0 Å². The van der Waals surface area contributed by atoms with Gasteiger partial charge in [-0.3, -0.25) is 9.59 Å². The second kappa shape index (κ2) is 6.36. The fourth-order valence-corrected chi connectivity index (χ4v) is 2.30. The highest BCUT2D eigenvalue weighted by molar-refractivity contribution is 5.92. The van der Waals surface area contributed by atoms with Crippen molar-refractivity contribution in [1.29, 1.82) is 0 Å². The molecular formula is C15H18O4. The van der Waals surface area contributed by atoms with Crippen LogP contribution in [0.25, 0.3) is 0 Å². The third kappa shape index (κ3) is 3.81. The summed E-state index contributed by atoms with van der Waals surface area (Å²) in [5.74, 6) is -0.966. The summed E-state index contributed by atoms with van der Waals surface area (Å²) < 4.78 is 10.3. The van der Waals surface area contributed by atoms with Crippen molar-refractivity contribution in [3.63, 3.8) is 0 Å². The summed E-state index contributed by atoms with van der Waals surface area (Å²) in [7, 11) is 0. The topological polar surface area (TPSA) is 52.6 Å². The Labute approximate surface area is 112 Å². The number of cyclic esters (lactones) is 2. The molecule has 102 valence electrons. The summed E-state index contributed by atoms with van der Waals surface area (Å²) >= 11 is 0. The van der Waals surface area contributed by atoms with Gasteiger partial charge in [-0.25, -0.2) is 0 Å². The Hall–Kier alpha value is -1.84. The van der Waals surface area contributed by atoms with Crippen molar-refractivity contribution in [2.75, 3.05) is 0 Å². The predicted octanol–water partition coefficient (Wildman–Crippen LogP) is 2.46. The number of benzene rings is 1. The number of rotatable bonds is 5. The Morgan fingerprint density at radius 2 is 1.79 bits per heavy atom. The number of hydrogen-bond acceptors (Lipinski definition) is 4. The highest BCUT2D eigenvalue weighted by Gasteiger charge is 2.33. The molecule has 1 aliphatic rings. The molecule has 0 radical (unpaired) electrons. The lowest BCUT2D eigenvalue weighted by Gasteiger charge is -2.29. The summed E-state index contributed by atoms with van der Waals surface area (Å²) in [5.41, 5.74) is 1.15. The molecule has 1 saturated heterocycles. The first kappa shape index (κ1) is 13.6. The van der Waals surface area contributed by atoms with Crippen LogP contribution in [0.3, 0.4) is 0 Å². The third-order valence-electron chi connectivity index (χ3n) is 3.17. The van der Waals surface area contributed by atoms with E-state index in [1.165, 1.54) is 0 Å². The second-order valence-electron chi connectivity index (χ2n) is 4.76. The molecule has 1 heterocycles. The van der Waals surface area contributed by atoms with E-state index in [1.807, 2.05) is 30.3 Å². The van der Waals surface area contributed by atoms with E-state index in [4.69, 9.17) is 9.47 Å². The second-order valence-corrected chi connectivity index (χ2v) is 4.76. The molecule has 0 amide bonds. The fraction of sp³-hybridized carbons (Fsp3) is 0.467. The number of carbonyl (C=O) groups is 2. The van der Waals surface area contributed by atoms with Crippen LogP contribution in [0.4, 0.5) is 0 Å². The molecule has 0 aromatic heterocycles. The molecule has 0 spiro atoms. The molecule has 1 aliphatic heterocycles. The van der Waals surface area contributed by atoms with E-state index in [9.17, 15) is 9.59 Å². The molecular weight excluding hydrogens is 244 g/mol. The van der Waals surface area contributed by atoms with Gasteiger partial charge >= 0.3 is 11.9 Å². The maximum atomic E-state index is 11.3. The Balaban J connectivity index is 2.06. The maximum absolute atomic E-state index is 11.3. The van der Waals surface area contributed by atoms with E-state index in [-0.39, 0.29) is 12.3 Å². The molecule has 0 saturated carbocycles. The monoisotopic (exact) mass is 262 g/mol. The average Bonchev–Trinajstić information content (AvgIpc) is 2.38.